The summed E-state index contributed by atoms with van der Waals surface area (Å²) in [6.07, 6.45) is 2.69. The maximum atomic E-state index is 12.5. The lowest BCUT2D eigenvalue weighted by Crippen LogP contribution is -2.30. The Morgan fingerprint density at radius 2 is 2.21 bits per heavy atom. The standard InChI is InChI=1S/C17H19NO4S2/c1-3-9-22-15(19)7-8-18-16(20)14(24-17(18)23)11-12-5-4-6-13(10-12)21-2/h4-6,10-11H,3,7-9H2,1-2H3/b14-11-. The number of nitrogens with zero attached hydrogens (tertiary/aromatic N) is 1. The molecule has 5 nitrogen and oxygen atoms in total. The van der Waals surface area contributed by atoms with Crippen molar-refractivity contribution in [1.82, 2.24) is 4.90 Å². The number of thioether (sulfide) groups is 1. The van der Waals surface area contributed by atoms with E-state index in [0.717, 1.165) is 17.7 Å². The topological polar surface area (TPSA) is 55.8 Å². The van der Waals surface area contributed by atoms with Crippen molar-refractivity contribution in [2.24, 2.45) is 0 Å². The Balaban J connectivity index is 2.02. The zero-order chi connectivity index (χ0) is 17.5. The molecule has 1 amide bonds. The second kappa shape index (κ2) is 8.84. The molecule has 0 aromatic heterocycles. The van der Waals surface area contributed by atoms with Crippen LogP contribution in [0.15, 0.2) is 29.2 Å². The van der Waals surface area contributed by atoms with Gasteiger partial charge in [0.25, 0.3) is 5.91 Å². The van der Waals surface area contributed by atoms with E-state index >= 15 is 0 Å². The normalized spacial score (nSPS) is 15.9. The molecule has 0 bridgehead atoms. The van der Waals surface area contributed by atoms with Crippen molar-refractivity contribution in [2.75, 3.05) is 20.3 Å². The van der Waals surface area contributed by atoms with E-state index in [4.69, 9.17) is 21.7 Å². The monoisotopic (exact) mass is 365 g/mol. The van der Waals surface area contributed by atoms with E-state index in [2.05, 4.69) is 0 Å². The van der Waals surface area contributed by atoms with Crippen LogP contribution >= 0.6 is 24.0 Å². The van der Waals surface area contributed by atoms with Crippen molar-refractivity contribution in [2.45, 2.75) is 19.8 Å². The van der Waals surface area contributed by atoms with Gasteiger partial charge in [0, 0.05) is 6.54 Å². The van der Waals surface area contributed by atoms with Gasteiger partial charge in [-0.05, 0) is 30.2 Å². The Morgan fingerprint density at radius 3 is 2.92 bits per heavy atom. The molecule has 24 heavy (non-hydrogen) atoms. The first-order valence-electron chi connectivity index (χ1n) is 7.60. The molecule has 1 aliphatic heterocycles. The molecule has 128 valence electrons. The van der Waals surface area contributed by atoms with Gasteiger partial charge in [-0.1, -0.05) is 43.0 Å². The van der Waals surface area contributed by atoms with Gasteiger partial charge in [-0.15, -0.1) is 0 Å². The minimum atomic E-state index is -0.317. The molecule has 1 saturated heterocycles. The van der Waals surface area contributed by atoms with Gasteiger partial charge < -0.3 is 9.47 Å². The number of thiocarbonyl (C=S) groups is 1. The molecule has 0 N–H and O–H groups in total. The van der Waals surface area contributed by atoms with Crippen LogP contribution in [0.2, 0.25) is 0 Å². The Bertz CT molecular complexity index is 672. The van der Waals surface area contributed by atoms with Crippen LogP contribution in [0.1, 0.15) is 25.3 Å². The van der Waals surface area contributed by atoms with Crippen LogP contribution in [0.25, 0.3) is 6.08 Å². The molecule has 0 radical (unpaired) electrons. The summed E-state index contributed by atoms with van der Waals surface area (Å²) in [6, 6.07) is 7.42. The van der Waals surface area contributed by atoms with E-state index in [1.165, 1.54) is 16.7 Å². The molecule has 7 heteroatoms. The van der Waals surface area contributed by atoms with Crippen molar-refractivity contribution in [3.8, 4) is 5.75 Å². The Kier molecular flexibility index (Phi) is 6.81. The number of esters is 1. The second-order valence-electron chi connectivity index (χ2n) is 5.08. The fourth-order valence-corrected chi connectivity index (χ4v) is 3.38. The van der Waals surface area contributed by atoms with Crippen LogP contribution in [-0.4, -0.2) is 41.4 Å². The number of hydrogen-bond acceptors (Lipinski definition) is 6. The number of amides is 1. The van der Waals surface area contributed by atoms with Crippen LogP contribution < -0.4 is 4.74 Å². The molecule has 0 atom stereocenters. The first-order chi connectivity index (χ1) is 11.5. The molecular weight excluding hydrogens is 346 g/mol. The van der Waals surface area contributed by atoms with E-state index in [9.17, 15) is 9.59 Å². The van der Waals surface area contributed by atoms with E-state index in [1.54, 1.807) is 13.2 Å². The summed E-state index contributed by atoms with van der Waals surface area (Å²) in [5, 5.41) is 0. The van der Waals surface area contributed by atoms with Crippen molar-refractivity contribution < 1.29 is 19.1 Å². The average Bonchev–Trinajstić information content (AvgIpc) is 2.84. The lowest BCUT2D eigenvalue weighted by molar-refractivity contribution is -0.143. The lowest BCUT2D eigenvalue weighted by Gasteiger charge is -2.13. The molecule has 0 saturated carbocycles. The third-order valence-corrected chi connectivity index (χ3v) is 4.65. The fourth-order valence-electron chi connectivity index (χ4n) is 2.07. The lowest BCUT2D eigenvalue weighted by atomic mass is 10.2. The van der Waals surface area contributed by atoms with Crippen LogP contribution in [0.3, 0.4) is 0 Å². The molecule has 2 rings (SSSR count). The Morgan fingerprint density at radius 1 is 1.42 bits per heavy atom. The summed E-state index contributed by atoms with van der Waals surface area (Å²) in [5.41, 5.74) is 0.859. The van der Waals surface area contributed by atoms with Crippen LogP contribution in [0, 0.1) is 0 Å². The summed E-state index contributed by atoms with van der Waals surface area (Å²) in [7, 11) is 1.59. The van der Waals surface area contributed by atoms with Gasteiger partial charge in [0.1, 0.15) is 10.1 Å². The molecule has 1 aromatic carbocycles. The fraction of sp³-hybridized carbons (Fsp3) is 0.353. The number of ether oxygens (including phenoxy) is 2. The number of benzene rings is 1. The van der Waals surface area contributed by atoms with Gasteiger partial charge in [-0.3, -0.25) is 14.5 Å². The van der Waals surface area contributed by atoms with Crippen molar-refractivity contribution in [1.29, 1.82) is 0 Å². The maximum Gasteiger partial charge on any atom is 0.307 e. The zero-order valence-corrected chi connectivity index (χ0v) is 15.2. The maximum absolute atomic E-state index is 12.5. The highest BCUT2D eigenvalue weighted by Gasteiger charge is 2.32. The Labute approximate surface area is 151 Å². The minimum Gasteiger partial charge on any atom is -0.497 e. The molecule has 1 aromatic rings. The van der Waals surface area contributed by atoms with Gasteiger partial charge in [0.2, 0.25) is 0 Å². The summed E-state index contributed by atoms with van der Waals surface area (Å²) >= 11 is 6.48. The highest BCUT2D eigenvalue weighted by Crippen LogP contribution is 2.33. The highest BCUT2D eigenvalue weighted by atomic mass is 32.2. The number of carbonyl (C=O) groups is 2. The van der Waals surface area contributed by atoms with Crippen LogP contribution in [0.4, 0.5) is 0 Å². The predicted molar refractivity (Wildman–Crippen MR) is 98.7 cm³/mol. The number of carbonyl (C=O) groups excluding carboxylic acids is 2. The van der Waals surface area contributed by atoms with E-state index in [-0.39, 0.29) is 24.8 Å². The molecule has 0 unspecified atom stereocenters. The molecule has 1 heterocycles. The van der Waals surface area contributed by atoms with Gasteiger partial charge in [0.05, 0.1) is 25.0 Å². The molecule has 1 aliphatic rings. The summed E-state index contributed by atoms with van der Waals surface area (Å²) in [6.45, 7) is 2.56. The Hall–Kier alpha value is -1.86. The average molecular weight is 365 g/mol. The predicted octanol–water partition coefficient (Wildman–Crippen LogP) is 3.24. The third-order valence-electron chi connectivity index (χ3n) is 3.27. The molecule has 0 aliphatic carbocycles. The van der Waals surface area contributed by atoms with Crippen molar-refractivity contribution in [3.05, 3.63) is 34.7 Å². The first-order valence-corrected chi connectivity index (χ1v) is 8.82. The number of rotatable bonds is 7. The minimum absolute atomic E-state index is 0.138. The second-order valence-corrected chi connectivity index (χ2v) is 6.76. The van der Waals surface area contributed by atoms with Gasteiger partial charge in [0.15, 0.2) is 0 Å². The SMILES string of the molecule is CCCOC(=O)CCN1C(=O)/C(=C/c2cccc(OC)c2)SC1=S. The summed E-state index contributed by atoms with van der Waals surface area (Å²) in [5.74, 6) is 0.219. The van der Waals surface area contributed by atoms with Gasteiger partial charge >= 0.3 is 5.97 Å². The van der Waals surface area contributed by atoms with Crippen molar-refractivity contribution >= 4 is 46.3 Å². The van der Waals surface area contributed by atoms with Crippen molar-refractivity contribution in [3.63, 3.8) is 0 Å². The van der Waals surface area contributed by atoms with Crippen LogP contribution in [0.5, 0.6) is 5.75 Å². The molecule has 1 fully saturated rings. The zero-order valence-electron chi connectivity index (χ0n) is 13.6. The largest absolute Gasteiger partial charge is 0.497 e. The quantitative estimate of drug-likeness (QED) is 0.420. The third kappa shape index (κ3) is 4.82. The summed E-state index contributed by atoms with van der Waals surface area (Å²) < 4.78 is 10.6. The van der Waals surface area contributed by atoms with Gasteiger partial charge in [-0.25, -0.2) is 0 Å². The number of hydrogen-bond donors (Lipinski definition) is 0. The smallest absolute Gasteiger partial charge is 0.307 e. The van der Waals surface area contributed by atoms with E-state index in [1.807, 2.05) is 31.2 Å². The highest BCUT2D eigenvalue weighted by molar-refractivity contribution is 8.26. The van der Waals surface area contributed by atoms with E-state index < -0.39 is 0 Å². The summed E-state index contributed by atoms with van der Waals surface area (Å²) in [4.78, 5) is 26.0. The number of methoxy groups -OCH3 is 1. The molecule has 0 spiro atoms. The van der Waals surface area contributed by atoms with Crippen LogP contribution in [-0.2, 0) is 14.3 Å². The first kappa shape index (κ1) is 18.5. The van der Waals surface area contributed by atoms with E-state index in [0.29, 0.717) is 15.8 Å². The van der Waals surface area contributed by atoms with Gasteiger partial charge in [-0.2, -0.15) is 0 Å². The molecular formula is C17H19NO4S2.